The molecule has 0 unspecified atom stereocenters. The summed E-state index contributed by atoms with van der Waals surface area (Å²) < 4.78 is 2.62. The van der Waals surface area contributed by atoms with Crippen molar-refractivity contribution in [3.63, 3.8) is 0 Å². The van der Waals surface area contributed by atoms with Crippen LogP contribution in [-0.2, 0) is 6.54 Å². The summed E-state index contributed by atoms with van der Waals surface area (Å²) in [6.45, 7) is 3.13. The summed E-state index contributed by atoms with van der Waals surface area (Å²) in [7, 11) is 0. The molecule has 5 heteroatoms. The first-order valence-electron chi connectivity index (χ1n) is 6.78. The Morgan fingerprint density at radius 3 is 2.81 bits per heavy atom. The van der Waals surface area contributed by atoms with Gasteiger partial charge in [-0.1, -0.05) is 18.2 Å². The van der Waals surface area contributed by atoms with Crippen LogP contribution in [0.1, 0.15) is 22.3 Å². The van der Waals surface area contributed by atoms with Crippen LogP contribution in [0.3, 0.4) is 0 Å². The van der Waals surface area contributed by atoms with E-state index in [2.05, 4.69) is 27.9 Å². The Kier molecular flexibility index (Phi) is 5.55. The van der Waals surface area contributed by atoms with Gasteiger partial charge in [0.1, 0.15) is 0 Å². The molecule has 110 valence electrons. The molecule has 0 fully saturated rings. The van der Waals surface area contributed by atoms with Crippen LogP contribution in [0.4, 0.5) is 0 Å². The van der Waals surface area contributed by atoms with Gasteiger partial charge in [0.2, 0.25) is 5.56 Å². The Bertz CT molecular complexity index is 695. The van der Waals surface area contributed by atoms with Crippen LogP contribution in [0.25, 0.3) is 0 Å². The van der Waals surface area contributed by atoms with Crippen LogP contribution in [0.5, 0.6) is 0 Å². The molecule has 0 aliphatic heterocycles. The molecule has 0 atom stereocenters. The van der Waals surface area contributed by atoms with Crippen LogP contribution in [0.15, 0.2) is 47.4 Å². The number of hydrogen-bond acceptors (Lipinski definition) is 2. The molecule has 0 aliphatic carbocycles. The standard InChI is InChI=1S/C16H17IN2O2/c1-12-6-4-7-13(15(12)17)16(21)18-9-5-11-19-10-3-2-8-14(19)20/h2-4,6-8,10H,5,9,11H2,1H3,(H,18,21). The van der Waals surface area contributed by atoms with E-state index in [1.165, 1.54) is 6.07 Å². The monoisotopic (exact) mass is 396 g/mol. The average Bonchev–Trinajstić information content (AvgIpc) is 2.48. The maximum Gasteiger partial charge on any atom is 0.252 e. The minimum atomic E-state index is -0.0662. The van der Waals surface area contributed by atoms with Gasteiger partial charge in [0.25, 0.3) is 5.91 Å². The molecule has 1 amide bonds. The molecule has 1 aromatic heterocycles. The van der Waals surface area contributed by atoms with E-state index in [9.17, 15) is 9.59 Å². The largest absolute Gasteiger partial charge is 0.352 e. The van der Waals surface area contributed by atoms with Crippen molar-refractivity contribution in [3.05, 3.63) is 67.6 Å². The van der Waals surface area contributed by atoms with Gasteiger partial charge in [0, 0.05) is 28.9 Å². The zero-order valence-corrected chi connectivity index (χ0v) is 14.0. The fraction of sp³-hybridized carbons (Fsp3) is 0.250. The fourth-order valence-corrected chi connectivity index (χ4v) is 2.62. The van der Waals surface area contributed by atoms with Crippen molar-refractivity contribution < 1.29 is 4.79 Å². The van der Waals surface area contributed by atoms with Crippen LogP contribution in [0.2, 0.25) is 0 Å². The highest BCUT2D eigenvalue weighted by molar-refractivity contribution is 14.1. The van der Waals surface area contributed by atoms with Gasteiger partial charge >= 0.3 is 0 Å². The topological polar surface area (TPSA) is 51.1 Å². The quantitative estimate of drug-likeness (QED) is 0.624. The van der Waals surface area contributed by atoms with Crippen molar-refractivity contribution in [2.24, 2.45) is 0 Å². The predicted molar refractivity (Wildman–Crippen MR) is 91.5 cm³/mol. The van der Waals surface area contributed by atoms with E-state index in [4.69, 9.17) is 0 Å². The number of hydrogen-bond donors (Lipinski definition) is 1. The molecule has 0 aliphatic rings. The number of amides is 1. The maximum atomic E-state index is 12.1. The lowest BCUT2D eigenvalue weighted by Gasteiger charge is -2.09. The number of aromatic nitrogens is 1. The molecule has 2 rings (SSSR count). The number of halogens is 1. The van der Waals surface area contributed by atoms with Gasteiger partial charge < -0.3 is 9.88 Å². The average molecular weight is 396 g/mol. The number of benzene rings is 1. The Balaban J connectivity index is 1.86. The number of pyridine rings is 1. The molecule has 0 spiro atoms. The number of carbonyl (C=O) groups excluding carboxylic acids is 1. The van der Waals surface area contributed by atoms with E-state index in [-0.39, 0.29) is 11.5 Å². The first-order chi connectivity index (χ1) is 10.1. The van der Waals surface area contributed by atoms with Crippen molar-refractivity contribution in [2.45, 2.75) is 19.9 Å². The summed E-state index contributed by atoms with van der Waals surface area (Å²) in [4.78, 5) is 23.6. The summed E-state index contributed by atoms with van der Waals surface area (Å²) in [6, 6.07) is 10.8. The van der Waals surface area contributed by atoms with Gasteiger partial charge in [-0.25, -0.2) is 0 Å². The van der Waals surface area contributed by atoms with E-state index in [0.29, 0.717) is 18.7 Å². The van der Waals surface area contributed by atoms with Crippen molar-refractivity contribution in [1.82, 2.24) is 9.88 Å². The molecular weight excluding hydrogens is 379 g/mol. The van der Waals surface area contributed by atoms with Gasteiger partial charge in [-0.15, -0.1) is 0 Å². The number of carbonyl (C=O) groups is 1. The lowest BCUT2D eigenvalue weighted by molar-refractivity contribution is 0.0951. The third kappa shape index (κ3) is 4.17. The molecule has 21 heavy (non-hydrogen) atoms. The van der Waals surface area contributed by atoms with Crippen molar-refractivity contribution in [3.8, 4) is 0 Å². The highest BCUT2D eigenvalue weighted by Crippen LogP contribution is 2.16. The fourth-order valence-electron chi connectivity index (χ4n) is 2.01. The first kappa shape index (κ1) is 15.8. The summed E-state index contributed by atoms with van der Waals surface area (Å²) in [5.41, 5.74) is 1.78. The molecule has 0 saturated heterocycles. The predicted octanol–water partition coefficient (Wildman–Crippen LogP) is 2.58. The van der Waals surface area contributed by atoms with Gasteiger partial charge in [0.15, 0.2) is 0 Å². The Morgan fingerprint density at radius 2 is 2.05 bits per heavy atom. The second-order valence-corrected chi connectivity index (χ2v) is 5.86. The number of aryl methyl sites for hydroxylation is 2. The van der Waals surface area contributed by atoms with E-state index < -0.39 is 0 Å². The normalized spacial score (nSPS) is 10.4. The molecule has 0 radical (unpaired) electrons. The summed E-state index contributed by atoms with van der Waals surface area (Å²) in [6.07, 6.45) is 2.48. The summed E-state index contributed by atoms with van der Waals surface area (Å²) >= 11 is 2.19. The third-order valence-electron chi connectivity index (χ3n) is 3.20. The van der Waals surface area contributed by atoms with Crippen LogP contribution >= 0.6 is 22.6 Å². The zero-order valence-electron chi connectivity index (χ0n) is 11.8. The summed E-state index contributed by atoms with van der Waals surface area (Å²) in [5, 5.41) is 2.90. The van der Waals surface area contributed by atoms with E-state index in [1.807, 2.05) is 31.2 Å². The molecular formula is C16H17IN2O2. The number of rotatable bonds is 5. The highest BCUT2D eigenvalue weighted by atomic mass is 127. The maximum absolute atomic E-state index is 12.1. The Labute approximate surface area is 137 Å². The zero-order chi connectivity index (χ0) is 15.2. The summed E-state index contributed by atoms with van der Waals surface area (Å²) in [5.74, 6) is -0.0662. The lowest BCUT2D eigenvalue weighted by atomic mass is 10.1. The van der Waals surface area contributed by atoms with Crippen molar-refractivity contribution in [1.29, 1.82) is 0 Å². The minimum absolute atomic E-state index is 0.0166. The minimum Gasteiger partial charge on any atom is -0.352 e. The van der Waals surface area contributed by atoms with Crippen LogP contribution < -0.4 is 10.9 Å². The van der Waals surface area contributed by atoms with Crippen molar-refractivity contribution in [2.75, 3.05) is 6.54 Å². The second kappa shape index (κ2) is 7.40. The molecule has 0 saturated carbocycles. The van der Waals surface area contributed by atoms with Gasteiger partial charge in [-0.3, -0.25) is 9.59 Å². The molecule has 4 nitrogen and oxygen atoms in total. The molecule has 1 N–H and O–H groups in total. The Morgan fingerprint density at radius 1 is 1.24 bits per heavy atom. The van der Waals surface area contributed by atoms with Gasteiger partial charge in [-0.2, -0.15) is 0 Å². The Hall–Kier alpha value is -1.63. The van der Waals surface area contributed by atoms with Crippen LogP contribution in [-0.4, -0.2) is 17.0 Å². The number of nitrogens with zero attached hydrogens (tertiary/aromatic N) is 1. The molecule has 2 aromatic rings. The molecule has 1 heterocycles. The van der Waals surface area contributed by atoms with E-state index >= 15 is 0 Å². The molecule has 1 aromatic carbocycles. The second-order valence-electron chi connectivity index (χ2n) is 4.78. The van der Waals surface area contributed by atoms with Crippen molar-refractivity contribution >= 4 is 28.5 Å². The highest BCUT2D eigenvalue weighted by Gasteiger charge is 2.10. The SMILES string of the molecule is Cc1cccc(C(=O)NCCCn2ccccc2=O)c1I. The van der Waals surface area contributed by atoms with Gasteiger partial charge in [-0.05, 0) is 53.6 Å². The van der Waals surface area contributed by atoms with Crippen LogP contribution in [0, 0.1) is 10.5 Å². The van der Waals surface area contributed by atoms with E-state index in [1.54, 1.807) is 16.8 Å². The van der Waals surface area contributed by atoms with Gasteiger partial charge in [0.05, 0.1) is 5.56 Å². The first-order valence-corrected chi connectivity index (χ1v) is 7.86. The smallest absolute Gasteiger partial charge is 0.252 e. The third-order valence-corrected chi connectivity index (χ3v) is 4.63. The molecule has 0 bridgehead atoms. The number of nitrogens with one attached hydrogen (secondary N) is 1. The lowest BCUT2D eigenvalue weighted by Crippen LogP contribution is -2.27. The van der Waals surface area contributed by atoms with E-state index in [0.717, 1.165) is 15.6 Å².